The average molecular weight is 403 g/mol. The Labute approximate surface area is 139 Å². The number of nitrogens with two attached hydrogens (primary N) is 1. The minimum Gasteiger partial charge on any atom is -0.370 e. The Kier molecular flexibility index (Phi) is 6.54. The fourth-order valence-electron chi connectivity index (χ4n) is 1.75. The highest BCUT2D eigenvalue weighted by Crippen LogP contribution is 2.12. The first-order valence-electron chi connectivity index (χ1n) is 6.12. The summed E-state index contributed by atoms with van der Waals surface area (Å²) in [5.74, 6) is -0.848. The van der Waals surface area contributed by atoms with Gasteiger partial charge in [-0.15, -0.1) is 24.0 Å². The maximum absolute atomic E-state index is 13.4. The van der Waals surface area contributed by atoms with Crippen LogP contribution in [0.25, 0.3) is 0 Å². The van der Waals surface area contributed by atoms with Crippen LogP contribution in [0.2, 0.25) is 0 Å². The number of hydrogen-bond acceptors (Lipinski definition) is 1. The Bertz CT molecular complexity index is 645. The summed E-state index contributed by atoms with van der Waals surface area (Å²) in [4.78, 5) is 4.00. The topological polar surface area (TPSA) is 50.4 Å². The molecule has 3 N–H and O–H groups in total. The number of guanidine groups is 1. The standard InChI is InChI=1S/C15H15F2N3.HI/c1-10-3-2-4-13(7-10)20-15(18)19-9-11-8-12(16)5-6-14(11)17;/h2-8H,9H2,1H3,(H3,18,19,20);1H. The molecular weight excluding hydrogens is 387 g/mol. The summed E-state index contributed by atoms with van der Waals surface area (Å²) in [6.45, 7) is 1.94. The van der Waals surface area contributed by atoms with Gasteiger partial charge in [0.05, 0.1) is 6.54 Å². The third-order valence-corrected chi connectivity index (χ3v) is 2.72. The predicted molar refractivity (Wildman–Crippen MR) is 91.9 cm³/mol. The van der Waals surface area contributed by atoms with Crippen molar-refractivity contribution in [3.8, 4) is 0 Å². The van der Waals surface area contributed by atoms with Crippen LogP contribution in [-0.4, -0.2) is 5.96 Å². The first kappa shape index (κ1) is 17.4. The van der Waals surface area contributed by atoms with Gasteiger partial charge in [0.2, 0.25) is 0 Å². The van der Waals surface area contributed by atoms with Gasteiger partial charge < -0.3 is 11.1 Å². The van der Waals surface area contributed by atoms with E-state index in [1.807, 2.05) is 31.2 Å². The maximum atomic E-state index is 13.4. The molecule has 21 heavy (non-hydrogen) atoms. The molecular formula is C15H16F2IN3. The molecule has 0 amide bonds. The van der Waals surface area contributed by atoms with E-state index in [0.717, 1.165) is 29.4 Å². The number of anilines is 1. The normalized spacial score (nSPS) is 10.9. The number of nitrogens with zero attached hydrogens (tertiary/aromatic N) is 1. The number of rotatable bonds is 3. The minimum atomic E-state index is -0.501. The van der Waals surface area contributed by atoms with E-state index in [-0.39, 0.29) is 42.0 Å². The van der Waals surface area contributed by atoms with E-state index in [9.17, 15) is 8.78 Å². The molecule has 0 unspecified atom stereocenters. The van der Waals surface area contributed by atoms with Crippen LogP contribution in [0.3, 0.4) is 0 Å². The Morgan fingerprint density at radius 1 is 1.19 bits per heavy atom. The lowest BCUT2D eigenvalue weighted by Gasteiger charge is -2.06. The molecule has 0 spiro atoms. The molecule has 112 valence electrons. The van der Waals surface area contributed by atoms with E-state index in [1.165, 1.54) is 0 Å². The van der Waals surface area contributed by atoms with Gasteiger partial charge >= 0.3 is 0 Å². The van der Waals surface area contributed by atoms with Gasteiger partial charge in [0.25, 0.3) is 0 Å². The molecule has 0 heterocycles. The molecule has 0 radical (unpaired) electrons. The van der Waals surface area contributed by atoms with Crippen molar-refractivity contribution in [3.63, 3.8) is 0 Å². The highest BCUT2D eigenvalue weighted by molar-refractivity contribution is 14.0. The molecule has 0 aliphatic rings. The summed E-state index contributed by atoms with van der Waals surface area (Å²) >= 11 is 0. The Balaban J connectivity index is 0.00000220. The van der Waals surface area contributed by atoms with Crippen molar-refractivity contribution >= 4 is 35.6 Å². The third-order valence-electron chi connectivity index (χ3n) is 2.72. The van der Waals surface area contributed by atoms with Gasteiger partial charge in [-0.1, -0.05) is 12.1 Å². The molecule has 2 rings (SSSR count). The molecule has 0 aromatic heterocycles. The van der Waals surface area contributed by atoms with Crippen molar-refractivity contribution < 1.29 is 8.78 Å². The summed E-state index contributed by atoms with van der Waals surface area (Å²) < 4.78 is 26.4. The highest BCUT2D eigenvalue weighted by atomic mass is 127. The first-order valence-corrected chi connectivity index (χ1v) is 6.12. The van der Waals surface area contributed by atoms with E-state index < -0.39 is 11.6 Å². The van der Waals surface area contributed by atoms with Crippen molar-refractivity contribution in [2.45, 2.75) is 13.5 Å². The van der Waals surface area contributed by atoms with Crippen LogP contribution in [0.1, 0.15) is 11.1 Å². The van der Waals surface area contributed by atoms with Crippen LogP contribution >= 0.6 is 24.0 Å². The van der Waals surface area contributed by atoms with Crippen molar-refractivity contribution in [2.75, 3.05) is 5.32 Å². The molecule has 0 bridgehead atoms. The monoisotopic (exact) mass is 403 g/mol. The van der Waals surface area contributed by atoms with E-state index in [2.05, 4.69) is 10.3 Å². The molecule has 2 aromatic rings. The molecule has 0 atom stereocenters. The lowest BCUT2D eigenvalue weighted by molar-refractivity contribution is 0.586. The Morgan fingerprint density at radius 2 is 1.95 bits per heavy atom. The number of aliphatic imine (C=N–C) groups is 1. The number of aryl methyl sites for hydroxylation is 1. The number of benzene rings is 2. The van der Waals surface area contributed by atoms with Crippen LogP contribution in [0, 0.1) is 18.6 Å². The van der Waals surface area contributed by atoms with Crippen molar-refractivity contribution in [1.82, 2.24) is 0 Å². The summed E-state index contributed by atoms with van der Waals surface area (Å²) in [6.07, 6.45) is 0. The van der Waals surface area contributed by atoms with Crippen LogP contribution in [0.5, 0.6) is 0 Å². The van der Waals surface area contributed by atoms with Crippen LogP contribution in [-0.2, 0) is 6.54 Å². The lowest BCUT2D eigenvalue weighted by Crippen LogP contribution is -2.22. The zero-order chi connectivity index (χ0) is 14.5. The smallest absolute Gasteiger partial charge is 0.193 e. The molecule has 2 aromatic carbocycles. The second-order valence-electron chi connectivity index (χ2n) is 4.43. The largest absolute Gasteiger partial charge is 0.370 e. The second kappa shape index (κ2) is 7.92. The van der Waals surface area contributed by atoms with Gasteiger partial charge in [-0.2, -0.15) is 0 Å². The van der Waals surface area contributed by atoms with Gasteiger partial charge in [0.1, 0.15) is 11.6 Å². The Morgan fingerprint density at radius 3 is 2.67 bits per heavy atom. The zero-order valence-electron chi connectivity index (χ0n) is 11.4. The number of hydrogen-bond donors (Lipinski definition) is 2. The van der Waals surface area contributed by atoms with Gasteiger partial charge in [-0.25, -0.2) is 13.8 Å². The molecule has 3 nitrogen and oxygen atoms in total. The van der Waals surface area contributed by atoms with Gasteiger partial charge in [-0.05, 0) is 42.8 Å². The maximum Gasteiger partial charge on any atom is 0.193 e. The predicted octanol–water partition coefficient (Wildman–Crippen LogP) is 3.82. The van der Waals surface area contributed by atoms with E-state index in [4.69, 9.17) is 5.73 Å². The van der Waals surface area contributed by atoms with Crippen LogP contribution in [0.15, 0.2) is 47.5 Å². The van der Waals surface area contributed by atoms with Crippen molar-refractivity contribution in [3.05, 3.63) is 65.2 Å². The van der Waals surface area contributed by atoms with Crippen LogP contribution in [0.4, 0.5) is 14.5 Å². The molecule has 0 saturated carbocycles. The SMILES string of the molecule is Cc1cccc(NC(N)=NCc2cc(F)ccc2F)c1.I. The summed E-state index contributed by atoms with van der Waals surface area (Å²) in [5.41, 5.74) is 7.76. The van der Waals surface area contributed by atoms with E-state index in [0.29, 0.717) is 0 Å². The molecule has 0 aliphatic heterocycles. The van der Waals surface area contributed by atoms with Gasteiger partial charge in [0.15, 0.2) is 5.96 Å². The molecule has 0 saturated heterocycles. The zero-order valence-corrected chi connectivity index (χ0v) is 13.8. The van der Waals surface area contributed by atoms with E-state index >= 15 is 0 Å². The molecule has 0 aliphatic carbocycles. The fraction of sp³-hybridized carbons (Fsp3) is 0.133. The number of halogens is 3. The first-order chi connectivity index (χ1) is 9.54. The Hall–Kier alpha value is -1.70. The fourth-order valence-corrected chi connectivity index (χ4v) is 1.75. The van der Waals surface area contributed by atoms with E-state index in [1.54, 1.807) is 0 Å². The van der Waals surface area contributed by atoms with Crippen LogP contribution < -0.4 is 11.1 Å². The average Bonchev–Trinajstić information content (AvgIpc) is 2.40. The minimum absolute atomic E-state index is 0. The van der Waals surface area contributed by atoms with Gasteiger partial charge in [0, 0.05) is 11.3 Å². The highest BCUT2D eigenvalue weighted by Gasteiger charge is 2.03. The second-order valence-corrected chi connectivity index (χ2v) is 4.43. The quantitative estimate of drug-likeness (QED) is 0.465. The summed E-state index contributed by atoms with van der Waals surface area (Å²) in [5, 5.41) is 2.90. The van der Waals surface area contributed by atoms with Gasteiger partial charge in [-0.3, -0.25) is 0 Å². The molecule has 6 heteroatoms. The van der Waals surface area contributed by atoms with Crippen molar-refractivity contribution in [1.29, 1.82) is 0 Å². The third kappa shape index (κ3) is 5.30. The number of nitrogens with one attached hydrogen (secondary N) is 1. The molecule has 0 fully saturated rings. The summed E-state index contributed by atoms with van der Waals surface area (Å²) in [6, 6.07) is 10.8. The van der Waals surface area contributed by atoms with Crippen molar-refractivity contribution in [2.24, 2.45) is 10.7 Å². The summed E-state index contributed by atoms with van der Waals surface area (Å²) in [7, 11) is 0. The lowest BCUT2D eigenvalue weighted by atomic mass is 10.2.